The molecule has 8 heteroatoms. The van der Waals surface area contributed by atoms with Gasteiger partial charge in [0.15, 0.2) is 0 Å². The molecule has 3 aromatic rings. The zero-order valence-electron chi connectivity index (χ0n) is 13.3. The third-order valence-electron chi connectivity index (χ3n) is 3.43. The molecule has 6 nitrogen and oxygen atoms in total. The highest BCUT2D eigenvalue weighted by Crippen LogP contribution is 2.31. The van der Waals surface area contributed by atoms with Crippen molar-refractivity contribution in [2.24, 2.45) is 5.16 Å². The van der Waals surface area contributed by atoms with Crippen LogP contribution in [0.3, 0.4) is 0 Å². The van der Waals surface area contributed by atoms with E-state index in [9.17, 15) is 10.1 Å². The standard InChI is InChI=1S/C18H12Cl2N2O4/c19-13-4-6-16(17(20)9-13)18-7-5-15(26-18)10-21-25-11-12-2-1-3-14(8-12)22(23)24/h1-10H,11H2/b21-10+. The molecule has 2 aromatic carbocycles. The molecule has 0 atom stereocenters. The van der Waals surface area contributed by atoms with Gasteiger partial charge in [-0.1, -0.05) is 40.5 Å². The number of rotatable bonds is 6. The van der Waals surface area contributed by atoms with Gasteiger partial charge in [0.1, 0.15) is 24.3 Å². The van der Waals surface area contributed by atoms with Gasteiger partial charge in [0.2, 0.25) is 0 Å². The molecular formula is C18H12Cl2N2O4. The van der Waals surface area contributed by atoms with Gasteiger partial charge < -0.3 is 9.25 Å². The molecule has 0 N–H and O–H groups in total. The van der Waals surface area contributed by atoms with Crippen LogP contribution in [0, 0.1) is 10.1 Å². The molecular weight excluding hydrogens is 379 g/mol. The molecule has 3 rings (SSSR count). The van der Waals surface area contributed by atoms with Gasteiger partial charge >= 0.3 is 0 Å². The van der Waals surface area contributed by atoms with Gasteiger partial charge in [-0.2, -0.15) is 0 Å². The van der Waals surface area contributed by atoms with Crippen molar-refractivity contribution >= 4 is 35.1 Å². The molecule has 0 amide bonds. The second-order valence-electron chi connectivity index (χ2n) is 5.26. The second kappa shape index (κ2) is 8.03. The highest BCUT2D eigenvalue weighted by molar-refractivity contribution is 6.36. The zero-order valence-corrected chi connectivity index (χ0v) is 14.8. The minimum absolute atomic E-state index is 0.00518. The lowest BCUT2D eigenvalue weighted by molar-refractivity contribution is -0.384. The number of nitro benzene ring substituents is 1. The fourth-order valence-corrected chi connectivity index (χ4v) is 2.72. The summed E-state index contributed by atoms with van der Waals surface area (Å²) in [5, 5.41) is 15.6. The number of nitro groups is 1. The first-order chi connectivity index (χ1) is 12.5. The monoisotopic (exact) mass is 390 g/mol. The second-order valence-corrected chi connectivity index (χ2v) is 6.10. The number of nitrogens with zero attached hydrogens (tertiary/aromatic N) is 2. The van der Waals surface area contributed by atoms with Gasteiger partial charge in [-0.25, -0.2) is 0 Å². The minimum atomic E-state index is -0.459. The molecule has 1 aromatic heterocycles. The highest BCUT2D eigenvalue weighted by Gasteiger charge is 2.09. The maximum absolute atomic E-state index is 10.7. The van der Waals surface area contributed by atoms with E-state index in [-0.39, 0.29) is 12.3 Å². The largest absolute Gasteiger partial charge is 0.455 e. The molecule has 0 saturated heterocycles. The number of benzene rings is 2. The summed E-state index contributed by atoms with van der Waals surface area (Å²) in [6.07, 6.45) is 1.41. The lowest BCUT2D eigenvalue weighted by Crippen LogP contribution is -1.92. The van der Waals surface area contributed by atoms with Crippen molar-refractivity contribution in [2.75, 3.05) is 0 Å². The molecule has 0 unspecified atom stereocenters. The van der Waals surface area contributed by atoms with E-state index in [1.54, 1.807) is 42.5 Å². The average molecular weight is 391 g/mol. The van der Waals surface area contributed by atoms with Crippen LogP contribution in [0.25, 0.3) is 11.3 Å². The maximum atomic E-state index is 10.7. The van der Waals surface area contributed by atoms with Crippen LogP contribution >= 0.6 is 23.2 Å². The molecule has 0 aliphatic rings. The molecule has 132 valence electrons. The van der Waals surface area contributed by atoms with Crippen LogP contribution in [0.1, 0.15) is 11.3 Å². The summed E-state index contributed by atoms with van der Waals surface area (Å²) in [5.74, 6) is 1.05. The van der Waals surface area contributed by atoms with E-state index in [4.69, 9.17) is 32.5 Å². The number of oxime groups is 1. The Labute approximate surface area is 158 Å². The van der Waals surface area contributed by atoms with E-state index in [0.29, 0.717) is 32.7 Å². The molecule has 1 heterocycles. The van der Waals surface area contributed by atoms with Crippen molar-refractivity contribution in [2.45, 2.75) is 6.61 Å². The predicted octanol–water partition coefficient (Wildman–Crippen LogP) is 5.71. The van der Waals surface area contributed by atoms with Crippen molar-refractivity contribution in [3.8, 4) is 11.3 Å². The SMILES string of the molecule is O=[N+]([O-])c1cccc(CO/N=C/c2ccc(-c3ccc(Cl)cc3Cl)o2)c1. The Balaban J connectivity index is 1.62. The van der Waals surface area contributed by atoms with Crippen LogP contribution in [0.2, 0.25) is 10.0 Å². The number of hydrogen-bond acceptors (Lipinski definition) is 5. The first-order valence-corrected chi connectivity index (χ1v) is 8.22. The van der Waals surface area contributed by atoms with E-state index in [1.165, 1.54) is 18.3 Å². The lowest BCUT2D eigenvalue weighted by Gasteiger charge is -2.01. The van der Waals surface area contributed by atoms with Crippen molar-refractivity contribution in [1.82, 2.24) is 0 Å². The Morgan fingerprint density at radius 1 is 1.15 bits per heavy atom. The number of hydrogen-bond donors (Lipinski definition) is 0. The summed E-state index contributed by atoms with van der Waals surface area (Å²) >= 11 is 12.0. The van der Waals surface area contributed by atoms with Crippen LogP contribution in [0.4, 0.5) is 5.69 Å². The van der Waals surface area contributed by atoms with Crippen LogP contribution in [0.5, 0.6) is 0 Å². The molecule has 0 spiro atoms. The van der Waals surface area contributed by atoms with Crippen molar-refractivity contribution in [3.05, 3.63) is 86.1 Å². The molecule has 0 fully saturated rings. The third-order valence-corrected chi connectivity index (χ3v) is 3.98. The van der Waals surface area contributed by atoms with Crippen LogP contribution in [-0.4, -0.2) is 11.1 Å². The summed E-state index contributed by atoms with van der Waals surface area (Å²) in [7, 11) is 0. The van der Waals surface area contributed by atoms with E-state index in [1.807, 2.05) is 0 Å². The van der Waals surface area contributed by atoms with Gasteiger partial charge in [-0.05, 0) is 35.9 Å². The molecule has 26 heavy (non-hydrogen) atoms. The van der Waals surface area contributed by atoms with E-state index >= 15 is 0 Å². The summed E-state index contributed by atoms with van der Waals surface area (Å²) in [6.45, 7) is 0.106. The maximum Gasteiger partial charge on any atom is 0.269 e. The number of halogens is 2. The van der Waals surface area contributed by atoms with Crippen molar-refractivity contribution < 1.29 is 14.2 Å². The number of furan rings is 1. The fourth-order valence-electron chi connectivity index (χ4n) is 2.22. The quantitative estimate of drug-likeness (QED) is 0.306. The summed E-state index contributed by atoms with van der Waals surface area (Å²) in [6, 6.07) is 14.8. The van der Waals surface area contributed by atoms with E-state index in [2.05, 4.69) is 5.16 Å². The Bertz CT molecular complexity index is 969. The zero-order chi connectivity index (χ0) is 18.5. The Morgan fingerprint density at radius 3 is 2.77 bits per heavy atom. The smallest absolute Gasteiger partial charge is 0.269 e. The Hall–Kier alpha value is -2.83. The normalized spacial score (nSPS) is 11.0. The number of non-ortho nitro benzene ring substituents is 1. The molecule has 0 radical (unpaired) electrons. The lowest BCUT2D eigenvalue weighted by atomic mass is 10.2. The minimum Gasteiger partial charge on any atom is -0.455 e. The van der Waals surface area contributed by atoms with Crippen LogP contribution in [-0.2, 0) is 11.4 Å². The molecule has 0 saturated carbocycles. The van der Waals surface area contributed by atoms with Crippen molar-refractivity contribution in [3.63, 3.8) is 0 Å². The molecule has 0 bridgehead atoms. The average Bonchev–Trinajstić information content (AvgIpc) is 3.07. The van der Waals surface area contributed by atoms with Gasteiger partial charge in [0.25, 0.3) is 5.69 Å². The molecule has 0 aliphatic heterocycles. The fraction of sp³-hybridized carbons (Fsp3) is 0.0556. The Kier molecular flexibility index (Phi) is 5.55. The van der Waals surface area contributed by atoms with E-state index in [0.717, 1.165) is 0 Å². The highest BCUT2D eigenvalue weighted by atomic mass is 35.5. The topological polar surface area (TPSA) is 77.9 Å². The summed E-state index contributed by atoms with van der Waals surface area (Å²) < 4.78 is 5.65. The van der Waals surface area contributed by atoms with Gasteiger partial charge in [0, 0.05) is 22.7 Å². The van der Waals surface area contributed by atoms with Gasteiger partial charge in [-0.15, -0.1) is 0 Å². The van der Waals surface area contributed by atoms with Crippen LogP contribution in [0.15, 0.2) is 64.2 Å². The van der Waals surface area contributed by atoms with Crippen LogP contribution < -0.4 is 0 Å². The first kappa shape index (κ1) is 18.0. The predicted molar refractivity (Wildman–Crippen MR) is 99.6 cm³/mol. The van der Waals surface area contributed by atoms with Gasteiger partial charge in [0.05, 0.1) is 9.95 Å². The first-order valence-electron chi connectivity index (χ1n) is 7.47. The van der Waals surface area contributed by atoms with Gasteiger partial charge in [-0.3, -0.25) is 10.1 Å². The Morgan fingerprint density at radius 2 is 2.00 bits per heavy atom. The summed E-state index contributed by atoms with van der Waals surface area (Å²) in [5.41, 5.74) is 1.36. The van der Waals surface area contributed by atoms with E-state index < -0.39 is 4.92 Å². The van der Waals surface area contributed by atoms with Crippen molar-refractivity contribution in [1.29, 1.82) is 0 Å². The summed E-state index contributed by atoms with van der Waals surface area (Å²) in [4.78, 5) is 15.4. The molecule has 0 aliphatic carbocycles. The third kappa shape index (κ3) is 4.41.